The summed E-state index contributed by atoms with van der Waals surface area (Å²) in [7, 11) is -3.81. The lowest BCUT2D eigenvalue weighted by molar-refractivity contribution is 0.350. The average molecular weight is 332 g/mol. The van der Waals surface area contributed by atoms with Crippen molar-refractivity contribution in [1.82, 2.24) is 14.5 Å². The Morgan fingerprint density at radius 2 is 1.96 bits per heavy atom. The second kappa shape index (κ2) is 6.14. The Balaban J connectivity index is 2.33. The van der Waals surface area contributed by atoms with Crippen molar-refractivity contribution in [2.45, 2.75) is 38.6 Å². The normalized spacial score (nSPS) is 13.5. The molecule has 1 unspecified atom stereocenters. The fraction of sp³-hybridized carbons (Fsp3) is 0.375. The van der Waals surface area contributed by atoms with Crippen LogP contribution in [-0.4, -0.2) is 24.2 Å². The molecule has 122 valence electrons. The molecule has 0 saturated carbocycles. The van der Waals surface area contributed by atoms with Crippen LogP contribution < -0.4 is 4.72 Å². The van der Waals surface area contributed by atoms with E-state index in [2.05, 4.69) is 9.82 Å². The summed E-state index contributed by atoms with van der Waals surface area (Å²) in [5, 5.41) is 13.3. The minimum atomic E-state index is -3.81. The summed E-state index contributed by atoms with van der Waals surface area (Å²) in [4.78, 5) is 0.0326. The molecule has 1 aromatic heterocycles. The Morgan fingerprint density at radius 1 is 1.30 bits per heavy atom. The van der Waals surface area contributed by atoms with Crippen molar-refractivity contribution in [2.75, 3.05) is 0 Å². The number of para-hydroxylation sites is 1. The topological polar surface area (TPSA) is 87.8 Å². The van der Waals surface area contributed by atoms with Crippen LogP contribution in [0.1, 0.15) is 26.3 Å². The first-order valence-electron chi connectivity index (χ1n) is 7.18. The van der Waals surface area contributed by atoms with Crippen molar-refractivity contribution in [3.63, 3.8) is 0 Å². The second-order valence-corrected chi connectivity index (χ2v) is 8.17. The highest BCUT2D eigenvalue weighted by Gasteiger charge is 2.30. The Bertz CT molecular complexity index is 841. The number of hydrogen-bond acceptors (Lipinski definition) is 4. The zero-order valence-corrected chi connectivity index (χ0v) is 14.4. The summed E-state index contributed by atoms with van der Waals surface area (Å²) < 4.78 is 28.9. The molecule has 0 aliphatic rings. The molecular weight excluding hydrogens is 312 g/mol. The van der Waals surface area contributed by atoms with Crippen LogP contribution in [0, 0.1) is 23.7 Å². The first-order chi connectivity index (χ1) is 10.6. The molecule has 6 nitrogen and oxygen atoms in total. The van der Waals surface area contributed by atoms with Gasteiger partial charge in [0.15, 0.2) is 0 Å². The Morgan fingerprint density at radius 3 is 2.52 bits per heavy atom. The van der Waals surface area contributed by atoms with Crippen LogP contribution in [0.4, 0.5) is 0 Å². The van der Waals surface area contributed by atoms with Crippen molar-refractivity contribution in [3.05, 3.63) is 42.2 Å². The van der Waals surface area contributed by atoms with Crippen molar-refractivity contribution in [1.29, 1.82) is 5.26 Å². The minimum absolute atomic E-state index is 0.0326. The van der Waals surface area contributed by atoms with Gasteiger partial charge < -0.3 is 0 Å². The quantitative estimate of drug-likeness (QED) is 0.931. The van der Waals surface area contributed by atoms with E-state index in [9.17, 15) is 13.7 Å². The summed E-state index contributed by atoms with van der Waals surface area (Å²) in [5.74, 6) is 0. The van der Waals surface area contributed by atoms with Crippen molar-refractivity contribution >= 4 is 10.0 Å². The first-order valence-corrected chi connectivity index (χ1v) is 8.66. The zero-order chi connectivity index (χ0) is 17.3. The van der Waals surface area contributed by atoms with E-state index in [0.717, 1.165) is 11.3 Å². The smallest absolute Gasteiger partial charge is 0.239 e. The zero-order valence-electron chi connectivity index (χ0n) is 13.6. The monoisotopic (exact) mass is 332 g/mol. The molecule has 0 bridgehead atoms. The van der Waals surface area contributed by atoms with Gasteiger partial charge in [-0.1, -0.05) is 39.0 Å². The molecule has 2 rings (SSSR count). The maximum Gasteiger partial charge on any atom is 0.244 e. The molecule has 0 radical (unpaired) electrons. The predicted octanol–water partition coefficient (Wildman–Crippen LogP) is 2.40. The van der Waals surface area contributed by atoms with Gasteiger partial charge in [0.25, 0.3) is 0 Å². The number of nitriles is 1. The van der Waals surface area contributed by atoms with E-state index in [0.29, 0.717) is 0 Å². The summed E-state index contributed by atoms with van der Waals surface area (Å²) in [6, 6.07) is 8.73. The molecular formula is C16H20N4O2S. The molecule has 23 heavy (non-hydrogen) atoms. The van der Waals surface area contributed by atoms with E-state index in [1.807, 2.05) is 37.3 Å². The number of aromatic nitrogens is 2. The van der Waals surface area contributed by atoms with Gasteiger partial charge in [0, 0.05) is 0 Å². The second-order valence-electron chi connectivity index (χ2n) is 6.46. The summed E-state index contributed by atoms with van der Waals surface area (Å²) in [6.45, 7) is 7.34. The van der Waals surface area contributed by atoms with Crippen LogP contribution in [0.15, 0.2) is 41.6 Å². The highest BCUT2D eigenvalue weighted by atomic mass is 32.2. The van der Waals surface area contributed by atoms with Crippen LogP contribution in [-0.2, 0) is 10.0 Å². The number of rotatable bonds is 4. The maximum absolute atomic E-state index is 12.5. The fourth-order valence-corrected chi connectivity index (χ4v) is 3.29. The molecule has 1 N–H and O–H groups in total. The van der Waals surface area contributed by atoms with Gasteiger partial charge in [-0.2, -0.15) is 15.1 Å². The SMILES string of the molecule is Cc1ccccc1-n1cc(S(=O)(=O)NC(C#N)C(C)(C)C)cn1. The first kappa shape index (κ1) is 17.2. The Kier molecular flexibility index (Phi) is 4.59. The molecule has 0 saturated heterocycles. The molecule has 0 amide bonds. The molecule has 0 aliphatic carbocycles. The highest BCUT2D eigenvalue weighted by molar-refractivity contribution is 7.89. The molecule has 7 heteroatoms. The number of hydrogen-bond donors (Lipinski definition) is 1. The van der Waals surface area contributed by atoms with Crippen molar-refractivity contribution < 1.29 is 8.42 Å². The summed E-state index contributed by atoms with van der Waals surface area (Å²) in [6.07, 6.45) is 2.73. The van der Waals surface area contributed by atoms with Gasteiger partial charge in [0.05, 0.1) is 24.2 Å². The van der Waals surface area contributed by atoms with Crippen LogP contribution in [0.25, 0.3) is 5.69 Å². The van der Waals surface area contributed by atoms with Gasteiger partial charge in [-0.15, -0.1) is 0 Å². The number of nitrogens with zero attached hydrogens (tertiary/aromatic N) is 3. The largest absolute Gasteiger partial charge is 0.244 e. The van der Waals surface area contributed by atoms with Gasteiger partial charge >= 0.3 is 0 Å². The third kappa shape index (κ3) is 3.78. The van der Waals surface area contributed by atoms with Crippen molar-refractivity contribution in [2.24, 2.45) is 5.41 Å². The lowest BCUT2D eigenvalue weighted by atomic mass is 9.88. The molecule has 0 spiro atoms. The number of aryl methyl sites for hydroxylation is 1. The standard InChI is InChI=1S/C16H20N4O2S/c1-12-7-5-6-8-14(12)20-11-13(10-18-20)23(21,22)19-15(9-17)16(2,3)4/h5-8,10-11,15,19H,1-4H3. The minimum Gasteiger partial charge on any atom is -0.239 e. The van der Waals surface area contributed by atoms with E-state index < -0.39 is 21.5 Å². The molecule has 1 atom stereocenters. The van der Waals surface area contributed by atoms with Gasteiger partial charge in [-0.05, 0) is 24.0 Å². The molecule has 1 heterocycles. The maximum atomic E-state index is 12.5. The van der Waals surface area contributed by atoms with E-state index in [-0.39, 0.29) is 4.90 Å². The van der Waals surface area contributed by atoms with E-state index in [1.54, 1.807) is 20.8 Å². The molecule has 2 aromatic rings. The highest BCUT2D eigenvalue weighted by Crippen LogP contribution is 2.21. The summed E-state index contributed by atoms with van der Waals surface area (Å²) >= 11 is 0. The number of nitrogens with one attached hydrogen (secondary N) is 1. The third-order valence-electron chi connectivity index (χ3n) is 3.50. The van der Waals surface area contributed by atoms with E-state index >= 15 is 0 Å². The fourth-order valence-electron chi connectivity index (χ4n) is 2.02. The van der Waals surface area contributed by atoms with Crippen LogP contribution in [0.5, 0.6) is 0 Å². The summed E-state index contributed by atoms with van der Waals surface area (Å²) in [5.41, 5.74) is 1.28. The third-order valence-corrected chi connectivity index (χ3v) is 4.88. The Labute approximate surface area is 136 Å². The van der Waals surface area contributed by atoms with Crippen LogP contribution >= 0.6 is 0 Å². The van der Waals surface area contributed by atoms with E-state index in [1.165, 1.54) is 17.1 Å². The number of sulfonamides is 1. The van der Waals surface area contributed by atoms with Gasteiger partial charge in [-0.3, -0.25) is 0 Å². The van der Waals surface area contributed by atoms with Gasteiger partial charge in [0.2, 0.25) is 10.0 Å². The molecule has 1 aromatic carbocycles. The lowest BCUT2D eigenvalue weighted by Crippen LogP contribution is -2.42. The molecule has 0 aliphatic heterocycles. The molecule has 0 fully saturated rings. The Hall–Kier alpha value is -2.17. The average Bonchev–Trinajstić information content (AvgIpc) is 2.94. The van der Waals surface area contributed by atoms with Gasteiger partial charge in [0.1, 0.15) is 10.9 Å². The lowest BCUT2D eigenvalue weighted by Gasteiger charge is -2.24. The van der Waals surface area contributed by atoms with Crippen LogP contribution in [0.2, 0.25) is 0 Å². The van der Waals surface area contributed by atoms with Gasteiger partial charge in [-0.25, -0.2) is 13.1 Å². The van der Waals surface area contributed by atoms with E-state index in [4.69, 9.17) is 0 Å². The van der Waals surface area contributed by atoms with Crippen molar-refractivity contribution in [3.8, 4) is 11.8 Å². The van der Waals surface area contributed by atoms with Crippen LogP contribution in [0.3, 0.4) is 0 Å². The number of benzene rings is 1. The predicted molar refractivity (Wildman–Crippen MR) is 87.5 cm³/mol.